The van der Waals surface area contributed by atoms with Gasteiger partial charge in [0.05, 0.1) is 11.6 Å². The Morgan fingerprint density at radius 3 is 2.80 bits per heavy atom. The Kier molecular flexibility index (Phi) is 4.32. The van der Waals surface area contributed by atoms with Gasteiger partial charge in [0.15, 0.2) is 0 Å². The molecule has 2 rings (SSSR count). The third kappa shape index (κ3) is 3.30. The summed E-state index contributed by atoms with van der Waals surface area (Å²) in [6, 6.07) is 4.93. The van der Waals surface area contributed by atoms with E-state index in [1.807, 2.05) is 6.92 Å². The fourth-order valence-corrected chi connectivity index (χ4v) is 2.40. The van der Waals surface area contributed by atoms with Crippen LogP contribution in [0.3, 0.4) is 0 Å². The summed E-state index contributed by atoms with van der Waals surface area (Å²) in [5.74, 6) is -0.0377. The lowest BCUT2D eigenvalue weighted by atomic mass is 10.1. The van der Waals surface area contributed by atoms with Crippen LogP contribution >= 0.6 is 0 Å². The third-order valence-corrected chi connectivity index (χ3v) is 3.38. The number of carbonyl (C=O) groups is 1. The molecule has 1 heterocycles. The molecule has 0 bridgehead atoms. The van der Waals surface area contributed by atoms with Gasteiger partial charge in [0.25, 0.3) is 0 Å². The van der Waals surface area contributed by atoms with Crippen LogP contribution in [0.4, 0.5) is 13.2 Å². The van der Waals surface area contributed by atoms with Crippen molar-refractivity contribution in [3.63, 3.8) is 0 Å². The lowest BCUT2D eigenvalue weighted by Gasteiger charge is -2.18. The number of rotatable bonds is 4. The predicted molar refractivity (Wildman–Crippen MR) is 68.9 cm³/mol. The van der Waals surface area contributed by atoms with Crippen molar-refractivity contribution in [2.24, 2.45) is 0 Å². The average Bonchev–Trinajstić information content (AvgIpc) is 2.72. The average molecular weight is 286 g/mol. The van der Waals surface area contributed by atoms with Crippen molar-refractivity contribution >= 4 is 5.91 Å². The zero-order chi connectivity index (χ0) is 14.8. The molecule has 1 N–H and O–H groups in total. The Balaban J connectivity index is 2.06. The molecule has 1 aliphatic heterocycles. The van der Waals surface area contributed by atoms with E-state index in [0.29, 0.717) is 25.1 Å². The van der Waals surface area contributed by atoms with Gasteiger partial charge in [-0.1, -0.05) is 19.1 Å². The van der Waals surface area contributed by atoms with Gasteiger partial charge in [-0.3, -0.25) is 4.79 Å². The smallest absolute Gasteiger partial charge is 0.337 e. The van der Waals surface area contributed by atoms with Crippen molar-refractivity contribution in [3.8, 4) is 0 Å². The van der Waals surface area contributed by atoms with Gasteiger partial charge >= 0.3 is 6.18 Å². The van der Waals surface area contributed by atoms with Crippen LogP contribution in [0.5, 0.6) is 0 Å². The van der Waals surface area contributed by atoms with Crippen molar-refractivity contribution in [1.82, 2.24) is 10.2 Å². The van der Waals surface area contributed by atoms with Crippen LogP contribution in [0, 0.1) is 0 Å². The standard InChI is InChI=1S/C14H17F3N2O/c1-2-18-12-6-7-19(13(12)20)9-10-4-3-5-11(8-10)14(15,16)17/h3-5,8,12,18H,2,6-7,9H2,1H3. The van der Waals surface area contributed by atoms with Gasteiger partial charge in [0.1, 0.15) is 0 Å². The molecule has 0 radical (unpaired) electrons. The fraction of sp³-hybridized carbons (Fsp3) is 0.500. The van der Waals surface area contributed by atoms with E-state index in [2.05, 4.69) is 5.32 Å². The summed E-state index contributed by atoms with van der Waals surface area (Å²) in [5.41, 5.74) is -0.171. The SMILES string of the molecule is CCNC1CCN(Cc2cccc(C(F)(F)F)c2)C1=O. The van der Waals surface area contributed by atoms with Crippen LogP contribution in [-0.2, 0) is 17.5 Å². The number of nitrogens with one attached hydrogen (secondary N) is 1. The molecule has 0 aromatic heterocycles. The summed E-state index contributed by atoms with van der Waals surface area (Å²) in [5, 5.41) is 3.07. The van der Waals surface area contributed by atoms with E-state index < -0.39 is 11.7 Å². The lowest BCUT2D eigenvalue weighted by Crippen LogP contribution is -2.37. The first-order valence-electron chi connectivity index (χ1n) is 6.60. The van der Waals surface area contributed by atoms with Gasteiger partial charge in [-0.25, -0.2) is 0 Å². The number of hydrogen-bond donors (Lipinski definition) is 1. The second-order valence-electron chi connectivity index (χ2n) is 4.86. The number of hydrogen-bond acceptors (Lipinski definition) is 2. The number of halogens is 3. The molecule has 1 aliphatic rings. The maximum absolute atomic E-state index is 12.6. The molecule has 0 aliphatic carbocycles. The number of likely N-dealkylation sites (tertiary alicyclic amines) is 1. The van der Waals surface area contributed by atoms with E-state index in [4.69, 9.17) is 0 Å². The molecule has 1 aromatic rings. The Morgan fingerprint density at radius 1 is 1.40 bits per heavy atom. The predicted octanol–water partition coefficient (Wildman–Crippen LogP) is 2.42. The zero-order valence-electron chi connectivity index (χ0n) is 11.2. The quantitative estimate of drug-likeness (QED) is 0.922. The summed E-state index contributed by atoms with van der Waals surface area (Å²) in [6.45, 7) is 3.42. The van der Waals surface area contributed by atoms with E-state index in [1.54, 1.807) is 11.0 Å². The van der Waals surface area contributed by atoms with Gasteiger partial charge in [0, 0.05) is 13.1 Å². The summed E-state index contributed by atoms with van der Waals surface area (Å²) in [7, 11) is 0. The van der Waals surface area contributed by atoms with Crippen molar-refractivity contribution < 1.29 is 18.0 Å². The number of likely N-dealkylation sites (N-methyl/N-ethyl adjacent to an activating group) is 1. The molecule has 1 aromatic carbocycles. The normalized spacial score (nSPS) is 19.7. The van der Waals surface area contributed by atoms with Gasteiger partial charge in [-0.05, 0) is 30.7 Å². The first kappa shape index (κ1) is 14.8. The van der Waals surface area contributed by atoms with Crippen LogP contribution in [0.25, 0.3) is 0 Å². The van der Waals surface area contributed by atoms with Gasteiger partial charge < -0.3 is 10.2 Å². The molecule has 1 saturated heterocycles. The molecule has 20 heavy (non-hydrogen) atoms. The van der Waals surface area contributed by atoms with E-state index >= 15 is 0 Å². The highest BCUT2D eigenvalue weighted by molar-refractivity contribution is 5.83. The van der Waals surface area contributed by atoms with E-state index in [-0.39, 0.29) is 18.5 Å². The highest BCUT2D eigenvalue weighted by Gasteiger charge is 2.32. The summed E-state index contributed by atoms with van der Waals surface area (Å²) in [4.78, 5) is 13.6. The van der Waals surface area contributed by atoms with Crippen molar-refractivity contribution in [2.75, 3.05) is 13.1 Å². The summed E-state index contributed by atoms with van der Waals surface area (Å²) < 4.78 is 37.9. The minimum absolute atomic E-state index is 0.0377. The minimum Gasteiger partial charge on any atom is -0.337 e. The van der Waals surface area contributed by atoms with Crippen LogP contribution < -0.4 is 5.32 Å². The third-order valence-electron chi connectivity index (χ3n) is 3.38. The fourth-order valence-electron chi connectivity index (χ4n) is 2.40. The molecule has 110 valence electrons. The molecule has 1 fully saturated rings. The molecule has 0 spiro atoms. The zero-order valence-corrected chi connectivity index (χ0v) is 11.2. The van der Waals surface area contributed by atoms with Crippen LogP contribution in [0.2, 0.25) is 0 Å². The maximum Gasteiger partial charge on any atom is 0.416 e. The van der Waals surface area contributed by atoms with Gasteiger partial charge in [0.2, 0.25) is 5.91 Å². The molecule has 1 unspecified atom stereocenters. The Morgan fingerprint density at radius 2 is 2.15 bits per heavy atom. The second-order valence-corrected chi connectivity index (χ2v) is 4.86. The highest BCUT2D eigenvalue weighted by atomic mass is 19.4. The Hall–Kier alpha value is -1.56. The summed E-state index contributed by atoms with van der Waals surface area (Å²) in [6.07, 6.45) is -3.65. The lowest BCUT2D eigenvalue weighted by molar-refractivity contribution is -0.137. The Labute approximate surface area is 115 Å². The van der Waals surface area contributed by atoms with Crippen molar-refractivity contribution in [2.45, 2.75) is 32.1 Å². The van der Waals surface area contributed by atoms with Crippen LogP contribution in [-0.4, -0.2) is 29.9 Å². The number of nitrogens with zero attached hydrogens (tertiary/aromatic N) is 1. The maximum atomic E-state index is 12.6. The van der Waals surface area contributed by atoms with Crippen molar-refractivity contribution in [1.29, 1.82) is 0 Å². The van der Waals surface area contributed by atoms with Crippen molar-refractivity contribution in [3.05, 3.63) is 35.4 Å². The molecule has 0 saturated carbocycles. The number of alkyl halides is 3. The molecule has 1 amide bonds. The number of benzene rings is 1. The van der Waals surface area contributed by atoms with Crippen LogP contribution in [0.1, 0.15) is 24.5 Å². The van der Waals surface area contributed by atoms with Crippen LogP contribution in [0.15, 0.2) is 24.3 Å². The molecule has 6 heteroatoms. The van der Waals surface area contributed by atoms with E-state index in [1.165, 1.54) is 6.07 Å². The largest absolute Gasteiger partial charge is 0.416 e. The van der Waals surface area contributed by atoms with E-state index in [0.717, 1.165) is 12.1 Å². The first-order valence-corrected chi connectivity index (χ1v) is 6.60. The number of carbonyl (C=O) groups excluding carboxylic acids is 1. The second kappa shape index (κ2) is 5.83. The molecular formula is C14H17F3N2O. The summed E-state index contributed by atoms with van der Waals surface area (Å²) >= 11 is 0. The van der Waals surface area contributed by atoms with Gasteiger partial charge in [-0.15, -0.1) is 0 Å². The van der Waals surface area contributed by atoms with E-state index in [9.17, 15) is 18.0 Å². The molecule has 3 nitrogen and oxygen atoms in total. The molecular weight excluding hydrogens is 269 g/mol. The Bertz CT molecular complexity index is 488. The minimum atomic E-state index is -4.35. The first-order chi connectivity index (χ1) is 9.41. The highest BCUT2D eigenvalue weighted by Crippen LogP contribution is 2.30. The molecule has 1 atom stereocenters. The monoisotopic (exact) mass is 286 g/mol. The van der Waals surface area contributed by atoms with Gasteiger partial charge in [-0.2, -0.15) is 13.2 Å². The topological polar surface area (TPSA) is 32.3 Å². The number of amides is 1.